The number of aliphatic hydroxyl groups excluding tert-OH is 2. The molecule has 308 valence electrons. The number of aliphatic hydroxyl groups is 2. The van der Waals surface area contributed by atoms with Crippen molar-refractivity contribution in [1.29, 1.82) is 0 Å². The summed E-state index contributed by atoms with van der Waals surface area (Å²) in [7, 11) is 3.93. The second-order valence-corrected chi connectivity index (χ2v) is 21.9. The first-order valence-corrected chi connectivity index (χ1v) is 24.4. The Morgan fingerprint density at radius 2 is 1.23 bits per heavy atom. The second kappa shape index (κ2) is 18.8. The second-order valence-electron chi connectivity index (χ2n) is 14.7. The van der Waals surface area contributed by atoms with Crippen molar-refractivity contribution in [3.8, 4) is 0 Å². The highest BCUT2D eigenvalue weighted by Crippen LogP contribution is 2.43. The number of benzene rings is 3. The van der Waals surface area contributed by atoms with Crippen LogP contribution < -0.4 is 9.80 Å². The van der Waals surface area contributed by atoms with Gasteiger partial charge in [0, 0.05) is 92.3 Å². The van der Waals surface area contributed by atoms with Gasteiger partial charge in [-0.3, -0.25) is 9.59 Å². The van der Waals surface area contributed by atoms with Gasteiger partial charge in [0.2, 0.25) is 0 Å². The normalized spacial score (nSPS) is 11.8. The van der Waals surface area contributed by atoms with Crippen LogP contribution in [-0.2, 0) is 9.53 Å². The number of thiophene rings is 6. The lowest BCUT2D eigenvalue weighted by Crippen LogP contribution is -2.24. The number of hydrogen-bond acceptors (Lipinski definition) is 13. The summed E-state index contributed by atoms with van der Waals surface area (Å²) in [5, 5.41) is 24.0. The minimum Gasteiger partial charge on any atom is -0.465 e. The van der Waals surface area contributed by atoms with E-state index in [1.165, 1.54) is 43.7 Å². The Morgan fingerprint density at radius 1 is 0.717 bits per heavy atom. The predicted octanol–water partition coefficient (Wildman–Crippen LogP) is 13.4. The number of carbonyl (C=O) groups is 2. The van der Waals surface area contributed by atoms with Crippen LogP contribution in [0, 0.1) is 6.57 Å². The predicted molar refractivity (Wildman–Crippen MR) is 266 cm³/mol. The number of rotatable bonds is 9. The van der Waals surface area contributed by atoms with Crippen molar-refractivity contribution in [1.82, 2.24) is 0 Å². The molecule has 9 rings (SSSR count). The molecule has 0 atom stereocenters. The minimum absolute atomic E-state index is 0.0129. The maximum Gasteiger partial charge on any atom is 0.336 e. The van der Waals surface area contributed by atoms with Crippen molar-refractivity contribution < 1.29 is 24.5 Å². The van der Waals surface area contributed by atoms with Crippen molar-refractivity contribution in [2.45, 2.75) is 26.4 Å². The first-order valence-electron chi connectivity index (χ1n) is 18.7. The number of anilines is 2. The quantitative estimate of drug-likeness (QED) is 0.0644. The molecule has 0 aliphatic carbocycles. The maximum absolute atomic E-state index is 12.2. The first-order chi connectivity index (χ1) is 28.8. The van der Waals surface area contributed by atoms with E-state index in [4.69, 9.17) is 21.5 Å². The average molecular weight is 975 g/mol. The molecule has 0 aliphatic heterocycles. The van der Waals surface area contributed by atoms with Crippen LogP contribution in [0.15, 0.2) is 88.3 Å². The summed E-state index contributed by atoms with van der Waals surface area (Å²) >= 11 is 13.7. The largest absolute Gasteiger partial charge is 0.465 e. The zero-order valence-electron chi connectivity index (χ0n) is 33.3. The Morgan fingerprint density at radius 3 is 1.78 bits per heavy atom. The van der Waals surface area contributed by atoms with E-state index in [2.05, 4.69) is 80.8 Å². The molecule has 0 unspecified atom stereocenters. The molecule has 0 saturated heterocycles. The van der Waals surface area contributed by atoms with Gasteiger partial charge < -0.3 is 24.7 Å². The van der Waals surface area contributed by atoms with E-state index >= 15 is 0 Å². The number of halogens is 1. The summed E-state index contributed by atoms with van der Waals surface area (Å²) in [6, 6.07) is 25.2. The number of aldehydes is 1. The molecule has 15 heteroatoms. The molecule has 6 heterocycles. The molecular formula is C45H40BrN3O5S6. The molecule has 0 spiro atoms. The smallest absolute Gasteiger partial charge is 0.336 e. The number of carbonyl (C=O) groups excluding carboxylic acids is 2. The third-order valence-corrected chi connectivity index (χ3v) is 16.6. The summed E-state index contributed by atoms with van der Waals surface area (Å²) < 4.78 is 17.7. The first kappa shape index (κ1) is 43.9. The van der Waals surface area contributed by atoms with Gasteiger partial charge in [0.05, 0.1) is 38.8 Å². The van der Waals surface area contributed by atoms with Crippen LogP contribution in [0.3, 0.4) is 0 Å². The average Bonchev–Trinajstić information content (AvgIpc) is 4.06. The number of esters is 1. The van der Waals surface area contributed by atoms with Crippen LogP contribution in [0.5, 0.6) is 0 Å². The molecule has 0 bridgehead atoms. The van der Waals surface area contributed by atoms with E-state index in [1.807, 2.05) is 64.8 Å². The van der Waals surface area contributed by atoms with E-state index in [9.17, 15) is 9.59 Å². The van der Waals surface area contributed by atoms with Crippen LogP contribution in [-0.4, -0.2) is 68.5 Å². The lowest BCUT2D eigenvalue weighted by molar-refractivity contribution is -0.149. The highest BCUT2D eigenvalue weighted by Gasteiger charge is 2.21. The Balaban J connectivity index is 0.000000146. The van der Waals surface area contributed by atoms with Gasteiger partial charge in [-0.05, 0) is 86.8 Å². The monoisotopic (exact) mass is 973 g/mol. The van der Waals surface area contributed by atoms with Crippen LogP contribution in [0.1, 0.15) is 35.3 Å². The molecule has 60 heavy (non-hydrogen) atoms. The van der Waals surface area contributed by atoms with Gasteiger partial charge in [0.1, 0.15) is 5.60 Å². The molecule has 3 aromatic carbocycles. The van der Waals surface area contributed by atoms with E-state index in [0.29, 0.717) is 13.1 Å². The maximum atomic E-state index is 12.2. The minimum atomic E-state index is -0.631. The molecule has 0 saturated carbocycles. The SMILES string of the molecule is Brc1ccc2c(c1)sc1ccsc12.CN(CCO)c1ccc2c(c1)sc1cc(C=O)sc12.[C-]#[N+]/C(=C\c1cc2sc3cc(N(C)CCO)ccc3c2s1)C(=O)OC(C)(C)C. The third kappa shape index (κ3) is 9.78. The van der Waals surface area contributed by atoms with Gasteiger partial charge in [-0.25, -0.2) is 4.85 Å². The molecule has 0 radical (unpaired) electrons. The summed E-state index contributed by atoms with van der Waals surface area (Å²) in [6.07, 6.45) is 2.51. The Kier molecular flexibility index (Phi) is 13.8. The molecule has 8 nitrogen and oxygen atoms in total. The van der Waals surface area contributed by atoms with E-state index in [0.717, 1.165) is 46.7 Å². The molecule has 0 fully saturated rings. The Labute approximate surface area is 379 Å². The Hall–Kier alpha value is -4.21. The van der Waals surface area contributed by atoms with E-state index in [-0.39, 0.29) is 18.9 Å². The third-order valence-electron chi connectivity index (χ3n) is 9.21. The van der Waals surface area contributed by atoms with Gasteiger partial charge in [0.15, 0.2) is 6.29 Å². The fourth-order valence-electron chi connectivity index (χ4n) is 6.34. The van der Waals surface area contributed by atoms with Crippen LogP contribution in [0.25, 0.3) is 69.4 Å². The van der Waals surface area contributed by atoms with Crippen molar-refractivity contribution in [2.24, 2.45) is 0 Å². The fraction of sp³-hybridized carbons (Fsp3) is 0.222. The number of hydrogen-bond donors (Lipinski definition) is 2. The van der Waals surface area contributed by atoms with Crippen molar-refractivity contribution in [3.05, 3.63) is 110 Å². The molecule has 9 aromatic rings. The number of fused-ring (bicyclic) bond motifs is 9. The molecule has 0 aliphatic rings. The van der Waals surface area contributed by atoms with E-state index in [1.54, 1.807) is 72.2 Å². The van der Waals surface area contributed by atoms with Crippen LogP contribution in [0.4, 0.5) is 11.4 Å². The van der Waals surface area contributed by atoms with Gasteiger partial charge in [-0.1, -0.05) is 34.1 Å². The summed E-state index contributed by atoms with van der Waals surface area (Å²) in [6.45, 7) is 14.1. The van der Waals surface area contributed by atoms with E-state index < -0.39 is 11.6 Å². The Bertz CT molecular complexity index is 3060. The van der Waals surface area contributed by atoms with Crippen LogP contribution >= 0.6 is 84.0 Å². The molecule has 0 amide bonds. The molecular weight excluding hydrogens is 935 g/mol. The van der Waals surface area contributed by atoms with Crippen LogP contribution in [0.2, 0.25) is 0 Å². The summed E-state index contributed by atoms with van der Waals surface area (Å²) in [4.78, 5) is 32.1. The standard InChI is InChI=1S/C21H22N2O3S2.C14H13NO2S2.C10H5BrS2/c1-21(2,3)26-20(25)16(22-4)11-14-12-18-19(27-14)15-7-6-13(10-17(15)28-18)23(5)8-9-24;1-15(4-5-16)9-2-3-11-12(6-9)19-13-7-10(8-17)18-14(11)13;11-6-1-2-7-9(5-6)13-8-3-4-12-10(7)8/h6-7,10-12,24H,8-9H2,1-3,5H3;2-3,6-8,16H,4-5H2,1H3;1-5H/b16-11-;;. The molecule has 2 N–H and O–H groups in total. The molecule has 6 aromatic heterocycles. The van der Waals surface area contributed by atoms with Gasteiger partial charge in [0.25, 0.3) is 5.70 Å². The fourth-order valence-corrected chi connectivity index (χ4v) is 14.0. The summed E-state index contributed by atoms with van der Waals surface area (Å²) in [5.41, 5.74) is 1.52. The number of likely N-dealkylation sites (N-methyl/N-ethyl adjacent to an activating group) is 2. The van der Waals surface area contributed by atoms with Gasteiger partial charge in [-0.15, -0.1) is 68.0 Å². The zero-order chi connectivity index (χ0) is 42.7. The van der Waals surface area contributed by atoms with Crippen molar-refractivity contribution in [2.75, 3.05) is 50.2 Å². The van der Waals surface area contributed by atoms with Gasteiger partial charge >= 0.3 is 5.97 Å². The lowest BCUT2D eigenvalue weighted by Gasteiger charge is -2.19. The summed E-state index contributed by atoms with van der Waals surface area (Å²) in [5.74, 6) is -0.597. The highest BCUT2D eigenvalue weighted by atomic mass is 79.9. The van der Waals surface area contributed by atoms with Crippen molar-refractivity contribution >= 4 is 172 Å². The number of ether oxygens (including phenoxy) is 1. The zero-order valence-corrected chi connectivity index (χ0v) is 39.8. The van der Waals surface area contributed by atoms with Gasteiger partial charge in [-0.2, -0.15) is 0 Å². The van der Waals surface area contributed by atoms with Crippen molar-refractivity contribution in [3.63, 3.8) is 0 Å². The lowest BCUT2D eigenvalue weighted by atomic mass is 10.2. The topological polar surface area (TPSA) is 94.7 Å². The number of nitrogens with zero attached hydrogens (tertiary/aromatic N) is 3. The highest BCUT2D eigenvalue weighted by molar-refractivity contribution is 9.10.